The normalized spacial score (nSPS) is 10.8. The van der Waals surface area contributed by atoms with Gasteiger partial charge in [0.05, 0.1) is 5.56 Å². The Labute approximate surface area is 126 Å². The molecule has 0 aliphatic carbocycles. The maximum Gasteiger partial charge on any atom is 0.250 e. The first kappa shape index (κ1) is 15.4. The van der Waals surface area contributed by atoms with Gasteiger partial charge in [0.2, 0.25) is 0 Å². The zero-order valence-corrected chi connectivity index (χ0v) is 12.9. The Bertz CT molecular complexity index is 599. The van der Waals surface area contributed by atoms with Crippen molar-refractivity contribution in [2.45, 2.75) is 46.1 Å². The van der Waals surface area contributed by atoms with Crippen molar-refractivity contribution in [3.8, 4) is 11.3 Å². The molecule has 2 aromatic rings. The van der Waals surface area contributed by atoms with Crippen molar-refractivity contribution in [1.29, 1.82) is 0 Å². The third-order valence-electron chi connectivity index (χ3n) is 3.94. The molecule has 0 fully saturated rings. The zero-order chi connectivity index (χ0) is 15.2. The third-order valence-corrected chi connectivity index (χ3v) is 3.94. The van der Waals surface area contributed by atoms with Crippen LogP contribution in [0.4, 0.5) is 0 Å². The molecule has 21 heavy (non-hydrogen) atoms. The van der Waals surface area contributed by atoms with Crippen LogP contribution in [0.25, 0.3) is 11.3 Å². The molecule has 2 N–H and O–H groups in total. The molecular formula is C18H24N2O. The van der Waals surface area contributed by atoms with E-state index in [-0.39, 0.29) is 5.91 Å². The Balaban J connectivity index is 2.33. The Morgan fingerprint density at radius 1 is 1.14 bits per heavy atom. The van der Waals surface area contributed by atoms with Crippen LogP contribution in [0.1, 0.15) is 48.7 Å². The van der Waals surface area contributed by atoms with E-state index in [1.165, 1.54) is 19.3 Å². The molecule has 0 saturated carbocycles. The van der Waals surface area contributed by atoms with Gasteiger partial charge >= 0.3 is 0 Å². The number of nitrogens with two attached hydrogens (primary N) is 1. The molecular weight excluding hydrogens is 260 g/mol. The fourth-order valence-electron chi connectivity index (χ4n) is 2.73. The van der Waals surface area contributed by atoms with Crippen LogP contribution in [0.3, 0.4) is 0 Å². The quantitative estimate of drug-likeness (QED) is 0.763. The molecule has 0 bridgehead atoms. The first-order valence-corrected chi connectivity index (χ1v) is 7.70. The molecule has 1 aromatic heterocycles. The van der Waals surface area contributed by atoms with Crippen molar-refractivity contribution in [2.24, 2.45) is 5.73 Å². The minimum absolute atomic E-state index is 0.350. The predicted molar refractivity (Wildman–Crippen MR) is 87.3 cm³/mol. The highest BCUT2D eigenvalue weighted by Gasteiger charge is 2.16. The highest BCUT2D eigenvalue weighted by molar-refractivity contribution is 5.95. The van der Waals surface area contributed by atoms with Gasteiger partial charge in [-0.3, -0.25) is 4.79 Å². The smallest absolute Gasteiger partial charge is 0.250 e. The number of carbonyl (C=O) groups excluding carboxylic acids is 1. The van der Waals surface area contributed by atoms with Crippen molar-refractivity contribution in [3.05, 3.63) is 47.7 Å². The second-order valence-electron chi connectivity index (χ2n) is 5.47. The van der Waals surface area contributed by atoms with Crippen LogP contribution in [0, 0.1) is 6.92 Å². The van der Waals surface area contributed by atoms with E-state index < -0.39 is 0 Å². The average Bonchev–Trinajstić information content (AvgIpc) is 2.82. The molecule has 0 aliphatic rings. The summed E-state index contributed by atoms with van der Waals surface area (Å²) in [6, 6.07) is 12.1. The van der Waals surface area contributed by atoms with Crippen molar-refractivity contribution in [1.82, 2.24) is 4.57 Å². The van der Waals surface area contributed by atoms with Crippen LogP contribution >= 0.6 is 0 Å². The molecule has 2 rings (SSSR count). The molecule has 3 nitrogen and oxygen atoms in total. The lowest BCUT2D eigenvalue weighted by Gasteiger charge is -2.12. The van der Waals surface area contributed by atoms with E-state index in [1.807, 2.05) is 31.2 Å². The lowest BCUT2D eigenvalue weighted by molar-refractivity contribution is 0.0999. The molecule has 1 aromatic carbocycles. The molecule has 3 heteroatoms. The van der Waals surface area contributed by atoms with Crippen molar-refractivity contribution >= 4 is 5.91 Å². The van der Waals surface area contributed by atoms with Gasteiger partial charge in [0, 0.05) is 17.9 Å². The number of nitrogens with zero attached hydrogens (tertiary/aromatic N) is 1. The minimum Gasteiger partial charge on any atom is -0.366 e. The Kier molecular flexibility index (Phi) is 5.20. The van der Waals surface area contributed by atoms with Gasteiger partial charge in [-0.05, 0) is 25.0 Å². The van der Waals surface area contributed by atoms with Crippen LogP contribution in [0.2, 0.25) is 0 Å². The van der Waals surface area contributed by atoms with Crippen molar-refractivity contribution in [3.63, 3.8) is 0 Å². The van der Waals surface area contributed by atoms with E-state index in [4.69, 9.17) is 5.73 Å². The number of aromatic nitrogens is 1. The summed E-state index contributed by atoms with van der Waals surface area (Å²) in [6.07, 6.45) is 4.82. The van der Waals surface area contributed by atoms with Crippen molar-refractivity contribution < 1.29 is 4.79 Å². The van der Waals surface area contributed by atoms with E-state index >= 15 is 0 Å². The topological polar surface area (TPSA) is 48.0 Å². The predicted octanol–water partition coefficient (Wildman–Crippen LogP) is 4.14. The van der Waals surface area contributed by atoms with E-state index in [9.17, 15) is 4.79 Å². The van der Waals surface area contributed by atoms with Gasteiger partial charge in [0.1, 0.15) is 0 Å². The number of carbonyl (C=O) groups is 1. The van der Waals surface area contributed by atoms with Gasteiger partial charge in [0.15, 0.2) is 0 Å². The summed E-state index contributed by atoms with van der Waals surface area (Å²) in [5.74, 6) is -0.350. The fraction of sp³-hybridized carbons (Fsp3) is 0.389. The number of amides is 1. The Morgan fingerprint density at radius 3 is 2.48 bits per heavy atom. The second kappa shape index (κ2) is 7.11. The fourth-order valence-corrected chi connectivity index (χ4v) is 2.73. The first-order valence-electron chi connectivity index (χ1n) is 7.70. The molecule has 1 amide bonds. The van der Waals surface area contributed by atoms with Crippen LogP contribution in [-0.4, -0.2) is 10.5 Å². The number of benzene rings is 1. The highest BCUT2D eigenvalue weighted by Crippen LogP contribution is 2.26. The molecule has 0 aliphatic heterocycles. The number of hydrogen-bond donors (Lipinski definition) is 1. The van der Waals surface area contributed by atoms with Gasteiger partial charge < -0.3 is 10.3 Å². The summed E-state index contributed by atoms with van der Waals surface area (Å²) in [6.45, 7) is 5.12. The van der Waals surface area contributed by atoms with Crippen LogP contribution in [0.15, 0.2) is 36.4 Å². The van der Waals surface area contributed by atoms with E-state index in [0.29, 0.717) is 5.56 Å². The zero-order valence-electron chi connectivity index (χ0n) is 12.9. The minimum atomic E-state index is -0.350. The summed E-state index contributed by atoms with van der Waals surface area (Å²) >= 11 is 0. The largest absolute Gasteiger partial charge is 0.366 e. The molecule has 0 saturated heterocycles. The monoisotopic (exact) mass is 284 g/mol. The third kappa shape index (κ3) is 3.54. The van der Waals surface area contributed by atoms with E-state index in [2.05, 4.69) is 23.6 Å². The summed E-state index contributed by atoms with van der Waals surface area (Å²) in [4.78, 5) is 11.6. The summed E-state index contributed by atoms with van der Waals surface area (Å²) < 4.78 is 2.23. The maximum atomic E-state index is 11.6. The number of unbranched alkanes of at least 4 members (excludes halogenated alkanes) is 3. The van der Waals surface area contributed by atoms with E-state index in [0.717, 1.165) is 29.9 Å². The molecule has 0 radical (unpaired) electrons. The number of rotatable bonds is 7. The van der Waals surface area contributed by atoms with Gasteiger partial charge in [-0.2, -0.15) is 0 Å². The van der Waals surface area contributed by atoms with Gasteiger partial charge in [-0.15, -0.1) is 0 Å². The lowest BCUT2D eigenvalue weighted by atomic mass is 10.1. The molecule has 0 spiro atoms. The molecule has 1 heterocycles. The maximum absolute atomic E-state index is 11.6. The van der Waals surface area contributed by atoms with Crippen LogP contribution < -0.4 is 5.73 Å². The number of hydrogen-bond acceptors (Lipinski definition) is 1. The second-order valence-corrected chi connectivity index (χ2v) is 5.47. The SMILES string of the molecule is CCCCCCn1c(-c2ccccc2)cc(C(N)=O)c1C. The van der Waals surface area contributed by atoms with Gasteiger partial charge in [-0.25, -0.2) is 0 Å². The summed E-state index contributed by atoms with van der Waals surface area (Å²) in [5.41, 5.74) is 9.31. The Morgan fingerprint density at radius 2 is 1.86 bits per heavy atom. The highest BCUT2D eigenvalue weighted by atomic mass is 16.1. The standard InChI is InChI=1S/C18H24N2O/c1-3-4-5-9-12-20-14(2)16(18(19)21)13-17(20)15-10-7-6-8-11-15/h6-8,10-11,13H,3-5,9,12H2,1-2H3,(H2,19,21). The first-order chi connectivity index (χ1) is 10.1. The molecule has 0 atom stereocenters. The van der Waals surface area contributed by atoms with Gasteiger partial charge in [0.25, 0.3) is 5.91 Å². The molecule has 112 valence electrons. The lowest BCUT2D eigenvalue weighted by Crippen LogP contribution is -2.12. The van der Waals surface area contributed by atoms with Crippen LogP contribution in [-0.2, 0) is 6.54 Å². The molecule has 0 unspecified atom stereocenters. The number of primary amides is 1. The summed E-state index contributed by atoms with van der Waals surface area (Å²) in [7, 11) is 0. The van der Waals surface area contributed by atoms with E-state index in [1.54, 1.807) is 0 Å². The Hall–Kier alpha value is -2.03. The summed E-state index contributed by atoms with van der Waals surface area (Å²) in [5, 5.41) is 0. The van der Waals surface area contributed by atoms with Gasteiger partial charge in [-0.1, -0.05) is 56.5 Å². The van der Waals surface area contributed by atoms with Crippen LogP contribution in [0.5, 0.6) is 0 Å². The van der Waals surface area contributed by atoms with Crippen molar-refractivity contribution in [2.75, 3.05) is 0 Å². The average molecular weight is 284 g/mol.